The van der Waals surface area contributed by atoms with Crippen LogP contribution in [0.5, 0.6) is 0 Å². The van der Waals surface area contributed by atoms with E-state index in [4.69, 9.17) is 0 Å². The first kappa shape index (κ1) is 18.5. The molecular formula is C24H20N4OS. The van der Waals surface area contributed by atoms with Crippen LogP contribution >= 0.6 is 11.3 Å². The van der Waals surface area contributed by atoms with Crippen LogP contribution in [0, 0.1) is 6.92 Å². The smallest absolute Gasteiger partial charge is 0.251 e. The molecule has 0 unspecified atom stereocenters. The highest BCUT2D eigenvalue weighted by atomic mass is 32.1. The van der Waals surface area contributed by atoms with Crippen molar-refractivity contribution in [1.29, 1.82) is 0 Å². The van der Waals surface area contributed by atoms with Gasteiger partial charge in [0.2, 0.25) is 4.96 Å². The van der Waals surface area contributed by atoms with E-state index in [1.54, 1.807) is 11.3 Å². The summed E-state index contributed by atoms with van der Waals surface area (Å²) in [7, 11) is 0. The molecule has 0 spiro atoms. The number of hydrogen-bond donors (Lipinski definition) is 1. The number of nitrogens with zero attached hydrogens (tertiary/aromatic N) is 3. The molecule has 0 aliphatic carbocycles. The van der Waals surface area contributed by atoms with Gasteiger partial charge in [-0.15, -0.1) is 16.4 Å². The minimum absolute atomic E-state index is 0.0636. The number of rotatable bonds is 5. The molecule has 3 aromatic carbocycles. The van der Waals surface area contributed by atoms with Crippen LogP contribution < -0.4 is 5.32 Å². The van der Waals surface area contributed by atoms with Gasteiger partial charge in [-0.1, -0.05) is 54.1 Å². The molecule has 0 saturated heterocycles. The van der Waals surface area contributed by atoms with E-state index in [1.807, 2.05) is 59.1 Å². The number of benzene rings is 3. The third-order valence-corrected chi connectivity index (χ3v) is 5.97. The molecule has 30 heavy (non-hydrogen) atoms. The van der Waals surface area contributed by atoms with E-state index in [0.717, 1.165) is 32.8 Å². The van der Waals surface area contributed by atoms with Crippen LogP contribution in [0.3, 0.4) is 0 Å². The molecule has 2 aromatic heterocycles. The summed E-state index contributed by atoms with van der Waals surface area (Å²) < 4.78 is 1.88. The number of hydrogen-bond acceptors (Lipinski definition) is 4. The summed E-state index contributed by atoms with van der Waals surface area (Å²) in [6.07, 6.45) is 0.690. The predicted molar refractivity (Wildman–Crippen MR) is 121 cm³/mol. The first-order valence-corrected chi connectivity index (χ1v) is 10.7. The Balaban J connectivity index is 1.28. The molecule has 0 radical (unpaired) electrons. The van der Waals surface area contributed by atoms with Crippen molar-refractivity contribution in [3.05, 3.63) is 88.9 Å². The van der Waals surface area contributed by atoms with E-state index >= 15 is 0 Å². The monoisotopic (exact) mass is 412 g/mol. The number of fused-ring (bicyclic) bond motifs is 2. The van der Waals surface area contributed by atoms with Crippen LogP contribution in [0.25, 0.3) is 27.1 Å². The van der Waals surface area contributed by atoms with Gasteiger partial charge in [-0.2, -0.15) is 4.98 Å². The molecule has 1 amide bonds. The minimum Gasteiger partial charge on any atom is -0.352 e. The Kier molecular flexibility index (Phi) is 4.77. The molecule has 5 aromatic rings. The quantitative estimate of drug-likeness (QED) is 0.447. The van der Waals surface area contributed by atoms with Crippen molar-refractivity contribution in [2.75, 3.05) is 6.54 Å². The first-order chi connectivity index (χ1) is 14.7. The zero-order chi connectivity index (χ0) is 20.5. The van der Waals surface area contributed by atoms with Gasteiger partial charge in [0.25, 0.3) is 5.91 Å². The van der Waals surface area contributed by atoms with Crippen molar-refractivity contribution in [1.82, 2.24) is 19.9 Å². The van der Waals surface area contributed by atoms with E-state index in [-0.39, 0.29) is 5.91 Å². The van der Waals surface area contributed by atoms with E-state index in [9.17, 15) is 4.79 Å². The van der Waals surface area contributed by atoms with Crippen LogP contribution in [-0.2, 0) is 6.42 Å². The first-order valence-electron chi connectivity index (χ1n) is 9.84. The predicted octanol–water partition coefficient (Wildman–Crippen LogP) is 4.89. The summed E-state index contributed by atoms with van der Waals surface area (Å²) in [6, 6.07) is 22.0. The lowest BCUT2D eigenvalue weighted by atomic mass is 10.1. The number of aryl methyl sites for hydroxylation is 1. The van der Waals surface area contributed by atoms with Crippen LogP contribution in [0.1, 0.15) is 21.6 Å². The van der Waals surface area contributed by atoms with Gasteiger partial charge < -0.3 is 5.32 Å². The van der Waals surface area contributed by atoms with Crippen molar-refractivity contribution in [3.63, 3.8) is 0 Å². The molecule has 5 nitrogen and oxygen atoms in total. The molecule has 0 atom stereocenters. The van der Waals surface area contributed by atoms with Gasteiger partial charge >= 0.3 is 0 Å². The normalized spacial score (nSPS) is 11.2. The lowest BCUT2D eigenvalue weighted by molar-refractivity contribution is 0.0954. The van der Waals surface area contributed by atoms with Gasteiger partial charge in [0.05, 0.1) is 5.69 Å². The van der Waals surface area contributed by atoms with E-state index in [2.05, 4.69) is 39.8 Å². The van der Waals surface area contributed by atoms with Gasteiger partial charge in [0.15, 0.2) is 5.82 Å². The average Bonchev–Trinajstić information content (AvgIpc) is 3.35. The molecule has 1 N–H and O–H groups in total. The number of nitrogens with one attached hydrogen (secondary N) is 1. The van der Waals surface area contributed by atoms with Crippen LogP contribution in [-0.4, -0.2) is 27.0 Å². The molecule has 6 heteroatoms. The van der Waals surface area contributed by atoms with Crippen LogP contribution in [0.2, 0.25) is 0 Å². The fourth-order valence-corrected chi connectivity index (χ4v) is 4.40. The van der Waals surface area contributed by atoms with Crippen LogP contribution in [0.4, 0.5) is 0 Å². The second kappa shape index (κ2) is 7.72. The fraction of sp³-hybridized carbons (Fsp3) is 0.125. The van der Waals surface area contributed by atoms with Crippen molar-refractivity contribution in [3.8, 4) is 11.4 Å². The van der Waals surface area contributed by atoms with Gasteiger partial charge in [-0.3, -0.25) is 4.79 Å². The van der Waals surface area contributed by atoms with Gasteiger partial charge in [0, 0.05) is 29.5 Å². The largest absolute Gasteiger partial charge is 0.352 e. The number of aromatic nitrogens is 3. The van der Waals surface area contributed by atoms with Crippen LogP contribution in [0.15, 0.2) is 72.1 Å². The minimum atomic E-state index is -0.0636. The van der Waals surface area contributed by atoms with Gasteiger partial charge in [0.1, 0.15) is 0 Å². The Bertz CT molecular complexity index is 1370. The lowest BCUT2D eigenvalue weighted by Crippen LogP contribution is -2.26. The molecule has 0 saturated carbocycles. The molecule has 0 aliphatic heterocycles. The third kappa shape index (κ3) is 3.57. The Morgan fingerprint density at radius 3 is 2.77 bits per heavy atom. The van der Waals surface area contributed by atoms with Crippen molar-refractivity contribution in [2.24, 2.45) is 0 Å². The van der Waals surface area contributed by atoms with Crippen molar-refractivity contribution >= 4 is 33.0 Å². The van der Waals surface area contributed by atoms with Gasteiger partial charge in [-0.25, -0.2) is 4.52 Å². The fourth-order valence-electron chi connectivity index (χ4n) is 3.54. The van der Waals surface area contributed by atoms with Crippen molar-refractivity contribution in [2.45, 2.75) is 13.3 Å². The van der Waals surface area contributed by atoms with E-state index in [1.165, 1.54) is 5.56 Å². The highest BCUT2D eigenvalue weighted by Crippen LogP contribution is 2.22. The molecule has 2 heterocycles. The summed E-state index contributed by atoms with van der Waals surface area (Å²) in [4.78, 5) is 18.1. The summed E-state index contributed by atoms with van der Waals surface area (Å²) in [6.45, 7) is 2.60. The Hall–Kier alpha value is -3.51. The number of carbonyl (C=O) groups excluding carboxylic acids is 1. The number of thiazole rings is 1. The average molecular weight is 413 g/mol. The third-order valence-electron chi connectivity index (χ3n) is 5.10. The molecule has 5 rings (SSSR count). The molecule has 0 bridgehead atoms. The number of carbonyl (C=O) groups is 1. The standard InChI is InChI=1S/C24H20N4OS/c1-16-5-4-8-19(13-16)22-26-24-28(27-22)21(15-30-24)11-12-25-23(29)20-10-9-17-6-2-3-7-18(17)14-20/h2-10,13-15H,11-12H2,1H3,(H,25,29). The summed E-state index contributed by atoms with van der Waals surface area (Å²) in [5.74, 6) is 0.665. The summed E-state index contributed by atoms with van der Waals surface area (Å²) in [5.41, 5.74) is 3.91. The second-order valence-electron chi connectivity index (χ2n) is 7.29. The Labute approximate surface area is 178 Å². The van der Waals surface area contributed by atoms with E-state index < -0.39 is 0 Å². The number of amides is 1. The molecule has 0 fully saturated rings. The molecular weight excluding hydrogens is 392 g/mol. The van der Waals surface area contributed by atoms with Crippen molar-refractivity contribution < 1.29 is 4.79 Å². The molecule has 0 aliphatic rings. The maximum absolute atomic E-state index is 12.6. The maximum Gasteiger partial charge on any atom is 0.251 e. The molecule has 148 valence electrons. The lowest BCUT2D eigenvalue weighted by Gasteiger charge is -2.06. The maximum atomic E-state index is 12.6. The zero-order valence-corrected chi connectivity index (χ0v) is 17.3. The summed E-state index contributed by atoms with van der Waals surface area (Å²) >= 11 is 1.57. The highest BCUT2D eigenvalue weighted by molar-refractivity contribution is 7.15. The Morgan fingerprint density at radius 1 is 1.03 bits per heavy atom. The van der Waals surface area contributed by atoms with E-state index in [0.29, 0.717) is 18.5 Å². The van der Waals surface area contributed by atoms with Gasteiger partial charge in [-0.05, 0) is 35.9 Å². The topological polar surface area (TPSA) is 59.3 Å². The Morgan fingerprint density at radius 2 is 1.90 bits per heavy atom. The highest BCUT2D eigenvalue weighted by Gasteiger charge is 2.12. The SMILES string of the molecule is Cc1cccc(-c2nc3scc(CCNC(=O)c4ccc5ccccc5c4)n3n2)c1. The zero-order valence-electron chi connectivity index (χ0n) is 16.5. The summed E-state index contributed by atoms with van der Waals surface area (Å²) in [5, 5.41) is 11.9. The second-order valence-corrected chi connectivity index (χ2v) is 8.13.